The van der Waals surface area contributed by atoms with Crippen molar-refractivity contribution in [3.05, 3.63) is 29.8 Å². The minimum absolute atomic E-state index is 0.243. The van der Waals surface area contributed by atoms with Gasteiger partial charge in [0, 0.05) is 19.2 Å². The summed E-state index contributed by atoms with van der Waals surface area (Å²) in [6.07, 6.45) is 0.921. The van der Waals surface area contributed by atoms with Gasteiger partial charge in [-0.3, -0.25) is 4.79 Å². The third-order valence-corrected chi connectivity index (χ3v) is 2.82. The average molecular weight is 251 g/mol. The van der Waals surface area contributed by atoms with Crippen molar-refractivity contribution in [2.45, 2.75) is 32.3 Å². The molecule has 0 atom stereocenters. The largest absolute Gasteiger partial charge is 0.465 e. The predicted molar refractivity (Wildman–Crippen MR) is 71.2 cm³/mol. The standard InChI is InChI=1S/C14H21NO3/c1-14(2,17-3)7-8-18-13(16)10-11-5-4-6-12(15)9-11/h4-6,9H,7-8,10,15H2,1-3H3. The second-order valence-electron chi connectivity index (χ2n) is 4.86. The van der Waals surface area contributed by atoms with Gasteiger partial charge in [0.05, 0.1) is 18.6 Å². The number of nitrogens with two attached hydrogens (primary N) is 1. The molecule has 0 saturated heterocycles. The normalized spacial score (nSPS) is 11.3. The van der Waals surface area contributed by atoms with E-state index in [0.29, 0.717) is 18.7 Å². The van der Waals surface area contributed by atoms with Crippen LogP contribution < -0.4 is 5.73 Å². The Kier molecular flexibility index (Phi) is 5.16. The van der Waals surface area contributed by atoms with E-state index in [2.05, 4.69) is 0 Å². The van der Waals surface area contributed by atoms with E-state index in [4.69, 9.17) is 15.2 Å². The zero-order valence-corrected chi connectivity index (χ0v) is 11.2. The van der Waals surface area contributed by atoms with Crippen LogP contribution in [0.5, 0.6) is 0 Å². The molecular formula is C14H21NO3. The third kappa shape index (κ3) is 5.19. The van der Waals surface area contributed by atoms with Crippen molar-refractivity contribution in [1.82, 2.24) is 0 Å². The highest BCUT2D eigenvalue weighted by Gasteiger charge is 2.16. The molecule has 1 aromatic rings. The Balaban J connectivity index is 2.34. The molecule has 0 bridgehead atoms. The Morgan fingerprint density at radius 2 is 2.11 bits per heavy atom. The molecule has 4 heteroatoms. The van der Waals surface area contributed by atoms with Crippen LogP contribution in [0.15, 0.2) is 24.3 Å². The average Bonchev–Trinajstić information content (AvgIpc) is 2.28. The molecule has 0 heterocycles. The van der Waals surface area contributed by atoms with Gasteiger partial charge in [-0.05, 0) is 31.5 Å². The van der Waals surface area contributed by atoms with Crippen LogP contribution in [-0.4, -0.2) is 25.3 Å². The molecular weight excluding hydrogens is 230 g/mol. The van der Waals surface area contributed by atoms with Crippen LogP contribution in [-0.2, 0) is 20.7 Å². The van der Waals surface area contributed by atoms with Crippen molar-refractivity contribution in [2.75, 3.05) is 19.5 Å². The Hall–Kier alpha value is -1.55. The van der Waals surface area contributed by atoms with Crippen LogP contribution in [0.4, 0.5) is 5.69 Å². The molecule has 2 N–H and O–H groups in total. The number of nitrogen functional groups attached to an aromatic ring is 1. The second kappa shape index (κ2) is 6.40. The van der Waals surface area contributed by atoms with Crippen LogP contribution in [0.25, 0.3) is 0 Å². The van der Waals surface area contributed by atoms with Crippen LogP contribution in [0.1, 0.15) is 25.8 Å². The van der Waals surface area contributed by atoms with Gasteiger partial charge in [0.25, 0.3) is 0 Å². The van der Waals surface area contributed by atoms with E-state index in [1.165, 1.54) is 0 Å². The number of esters is 1. The number of rotatable bonds is 6. The molecule has 0 spiro atoms. The summed E-state index contributed by atoms with van der Waals surface area (Å²) < 4.78 is 10.4. The van der Waals surface area contributed by atoms with Crippen LogP contribution in [0, 0.1) is 0 Å². The quantitative estimate of drug-likeness (QED) is 0.621. The summed E-state index contributed by atoms with van der Waals surface area (Å²) in [5.74, 6) is -0.243. The minimum atomic E-state index is -0.266. The van der Waals surface area contributed by atoms with Crippen LogP contribution >= 0.6 is 0 Å². The fourth-order valence-corrected chi connectivity index (χ4v) is 1.43. The molecule has 18 heavy (non-hydrogen) atoms. The second-order valence-corrected chi connectivity index (χ2v) is 4.86. The molecule has 0 aliphatic heterocycles. The molecule has 0 unspecified atom stereocenters. The lowest BCUT2D eigenvalue weighted by Gasteiger charge is -2.22. The van der Waals surface area contributed by atoms with Crippen LogP contribution in [0.2, 0.25) is 0 Å². The SMILES string of the molecule is COC(C)(C)CCOC(=O)Cc1cccc(N)c1. The maximum absolute atomic E-state index is 11.6. The molecule has 1 rings (SSSR count). The van der Waals surface area contributed by atoms with Gasteiger partial charge >= 0.3 is 5.97 Å². The van der Waals surface area contributed by atoms with Crippen molar-refractivity contribution < 1.29 is 14.3 Å². The van der Waals surface area contributed by atoms with E-state index in [0.717, 1.165) is 5.56 Å². The maximum Gasteiger partial charge on any atom is 0.310 e. The molecule has 0 fully saturated rings. The zero-order valence-electron chi connectivity index (χ0n) is 11.2. The number of carbonyl (C=O) groups excluding carboxylic acids is 1. The minimum Gasteiger partial charge on any atom is -0.465 e. The predicted octanol–water partition coefficient (Wildman–Crippen LogP) is 2.17. The fraction of sp³-hybridized carbons (Fsp3) is 0.500. The van der Waals surface area contributed by atoms with Crippen molar-refractivity contribution in [2.24, 2.45) is 0 Å². The number of hydrogen-bond donors (Lipinski definition) is 1. The Morgan fingerprint density at radius 3 is 2.72 bits per heavy atom. The number of ether oxygens (including phenoxy) is 2. The molecule has 100 valence electrons. The lowest BCUT2D eigenvalue weighted by atomic mass is 10.1. The van der Waals surface area contributed by atoms with Gasteiger partial charge in [-0.25, -0.2) is 0 Å². The number of benzene rings is 1. The Morgan fingerprint density at radius 1 is 1.39 bits per heavy atom. The van der Waals surface area contributed by atoms with Gasteiger partial charge in [-0.1, -0.05) is 12.1 Å². The molecule has 0 aliphatic rings. The molecule has 1 aromatic carbocycles. The highest BCUT2D eigenvalue weighted by Crippen LogP contribution is 2.13. The van der Waals surface area contributed by atoms with E-state index in [-0.39, 0.29) is 18.0 Å². The number of methoxy groups -OCH3 is 1. The van der Waals surface area contributed by atoms with Crippen molar-refractivity contribution in [3.8, 4) is 0 Å². The monoisotopic (exact) mass is 251 g/mol. The zero-order chi connectivity index (χ0) is 13.6. The van der Waals surface area contributed by atoms with E-state index < -0.39 is 0 Å². The topological polar surface area (TPSA) is 61.5 Å². The fourth-order valence-electron chi connectivity index (χ4n) is 1.43. The molecule has 4 nitrogen and oxygen atoms in total. The number of anilines is 1. The highest BCUT2D eigenvalue weighted by atomic mass is 16.5. The van der Waals surface area contributed by atoms with Gasteiger partial charge in [0.15, 0.2) is 0 Å². The first-order valence-electron chi connectivity index (χ1n) is 5.98. The van der Waals surface area contributed by atoms with E-state index >= 15 is 0 Å². The molecule has 0 radical (unpaired) electrons. The summed E-state index contributed by atoms with van der Waals surface area (Å²) >= 11 is 0. The van der Waals surface area contributed by atoms with Crippen LogP contribution in [0.3, 0.4) is 0 Å². The summed E-state index contributed by atoms with van der Waals surface area (Å²) in [6, 6.07) is 7.25. The molecule has 0 amide bonds. The summed E-state index contributed by atoms with van der Waals surface area (Å²) in [5.41, 5.74) is 6.89. The van der Waals surface area contributed by atoms with Gasteiger partial charge in [-0.2, -0.15) is 0 Å². The Bertz CT molecular complexity index is 402. The van der Waals surface area contributed by atoms with E-state index in [1.54, 1.807) is 19.2 Å². The maximum atomic E-state index is 11.6. The van der Waals surface area contributed by atoms with Gasteiger partial charge in [-0.15, -0.1) is 0 Å². The van der Waals surface area contributed by atoms with Gasteiger partial charge in [0.1, 0.15) is 0 Å². The smallest absolute Gasteiger partial charge is 0.310 e. The summed E-state index contributed by atoms with van der Waals surface area (Å²) in [4.78, 5) is 11.6. The van der Waals surface area contributed by atoms with Crippen molar-refractivity contribution in [1.29, 1.82) is 0 Å². The van der Waals surface area contributed by atoms with Crippen molar-refractivity contribution in [3.63, 3.8) is 0 Å². The highest BCUT2D eigenvalue weighted by molar-refractivity contribution is 5.73. The number of carbonyl (C=O) groups is 1. The summed E-state index contributed by atoms with van der Waals surface area (Å²) in [5, 5.41) is 0. The van der Waals surface area contributed by atoms with Gasteiger partial charge in [0.2, 0.25) is 0 Å². The molecule has 0 saturated carbocycles. The Labute approximate surface area is 108 Å². The lowest BCUT2D eigenvalue weighted by Crippen LogP contribution is -2.25. The summed E-state index contributed by atoms with van der Waals surface area (Å²) in [7, 11) is 1.65. The van der Waals surface area contributed by atoms with E-state index in [1.807, 2.05) is 26.0 Å². The van der Waals surface area contributed by atoms with Gasteiger partial charge < -0.3 is 15.2 Å². The third-order valence-electron chi connectivity index (χ3n) is 2.82. The first-order valence-corrected chi connectivity index (χ1v) is 5.98. The number of hydrogen-bond acceptors (Lipinski definition) is 4. The first-order chi connectivity index (χ1) is 8.43. The summed E-state index contributed by atoms with van der Waals surface area (Å²) in [6.45, 7) is 4.28. The molecule has 0 aliphatic carbocycles. The van der Waals surface area contributed by atoms with E-state index in [9.17, 15) is 4.79 Å². The first kappa shape index (κ1) is 14.5. The lowest BCUT2D eigenvalue weighted by molar-refractivity contribution is -0.144. The molecule has 0 aromatic heterocycles. The van der Waals surface area contributed by atoms with Crippen molar-refractivity contribution >= 4 is 11.7 Å².